The summed E-state index contributed by atoms with van der Waals surface area (Å²) in [6.07, 6.45) is 4.08. The van der Waals surface area contributed by atoms with Crippen LogP contribution in [0.5, 0.6) is 0 Å². The van der Waals surface area contributed by atoms with Crippen molar-refractivity contribution in [1.82, 2.24) is 4.57 Å². The second-order valence-corrected chi connectivity index (χ2v) is 3.90. The molecule has 0 radical (unpaired) electrons. The minimum absolute atomic E-state index is 0. The van der Waals surface area contributed by atoms with Gasteiger partial charge in [0.15, 0.2) is 0 Å². The van der Waals surface area contributed by atoms with Gasteiger partial charge in [-0.1, -0.05) is 30.3 Å². The molecule has 2 aromatic heterocycles. The van der Waals surface area contributed by atoms with E-state index >= 15 is 0 Å². The predicted octanol–water partition coefficient (Wildman–Crippen LogP) is -0.492. The van der Waals surface area contributed by atoms with E-state index in [0.29, 0.717) is 0 Å². The number of halogens is 1. The molecular formula is C14H13BrN2. The Hall–Kier alpha value is -1.61. The molecule has 3 rings (SSSR count). The van der Waals surface area contributed by atoms with Gasteiger partial charge in [0.1, 0.15) is 6.54 Å². The summed E-state index contributed by atoms with van der Waals surface area (Å²) in [6, 6.07) is 16.8. The lowest BCUT2D eigenvalue weighted by Crippen LogP contribution is -3.00. The number of nitrogens with zero attached hydrogens (tertiary/aromatic N) is 1. The molecule has 0 bridgehead atoms. The molecule has 1 N–H and O–H groups in total. The zero-order valence-electron chi connectivity index (χ0n) is 9.31. The van der Waals surface area contributed by atoms with E-state index in [0.717, 1.165) is 6.54 Å². The van der Waals surface area contributed by atoms with Crippen LogP contribution < -0.4 is 22.0 Å². The molecule has 2 heterocycles. The molecule has 0 aliphatic heterocycles. The van der Waals surface area contributed by atoms with Gasteiger partial charge in [0.25, 0.3) is 5.65 Å². The van der Waals surface area contributed by atoms with E-state index in [2.05, 4.69) is 52.1 Å². The highest BCUT2D eigenvalue weighted by atomic mass is 79.9. The monoisotopic (exact) mass is 288 g/mol. The van der Waals surface area contributed by atoms with Crippen molar-refractivity contribution in [3.63, 3.8) is 0 Å². The minimum Gasteiger partial charge on any atom is -1.00 e. The molecule has 0 atom stereocenters. The summed E-state index contributed by atoms with van der Waals surface area (Å²) in [5, 5.41) is 1.25. The van der Waals surface area contributed by atoms with Crippen molar-refractivity contribution in [2.45, 2.75) is 6.54 Å². The van der Waals surface area contributed by atoms with Gasteiger partial charge in [0.05, 0.1) is 17.8 Å². The van der Waals surface area contributed by atoms with Crippen molar-refractivity contribution in [2.24, 2.45) is 0 Å². The zero-order chi connectivity index (χ0) is 10.8. The van der Waals surface area contributed by atoms with Gasteiger partial charge in [-0.05, 0) is 23.8 Å². The Balaban J connectivity index is 0.00000108. The molecule has 0 spiro atoms. The molecule has 0 aliphatic carbocycles. The van der Waals surface area contributed by atoms with Gasteiger partial charge < -0.3 is 17.0 Å². The van der Waals surface area contributed by atoms with Crippen LogP contribution in [0.4, 0.5) is 0 Å². The van der Waals surface area contributed by atoms with Crippen LogP contribution in [-0.2, 0) is 6.54 Å². The quantitative estimate of drug-likeness (QED) is 0.606. The standard InChI is InChI=1S/C14H12N2.BrH/c1-2-5-12(6-3-1)11-16-10-8-13-7-4-9-15-14(13)16;/h1-10H,11H2;1H. The van der Waals surface area contributed by atoms with Gasteiger partial charge in [-0.2, -0.15) is 0 Å². The maximum absolute atomic E-state index is 3.28. The fourth-order valence-electron chi connectivity index (χ4n) is 1.98. The average molecular weight is 289 g/mol. The predicted molar refractivity (Wildman–Crippen MR) is 64.0 cm³/mol. The Bertz CT molecular complexity index is 602. The third-order valence-corrected chi connectivity index (χ3v) is 2.78. The Labute approximate surface area is 111 Å². The molecule has 1 aromatic carbocycles. The number of benzene rings is 1. The third kappa shape index (κ3) is 2.39. The SMILES string of the molecule is [Br-].c1ccc(Cn2ccc3ccc[nH+]c32)cc1. The van der Waals surface area contributed by atoms with Crippen molar-refractivity contribution >= 4 is 11.0 Å². The molecule has 0 unspecified atom stereocenters. The minimum atomic E-state index is 0. The summed E-state index contributed by atoms with van der Waals surface area (Å²) >= 11 is 0. The molecule has 0 amide bonds. The van der Waals surface area contributed by atoms with Crippen molar-refractivity contribution < 1.29 is 22.0 Å². The lowest BCUT2D eigenvalue weighted by atomic mass is 10.2. The molecule has 2 nitrogen and oxygen atoms in total. The highest BCUT2D eigenvalue weighted by Gasteiger charge is 2.08. The number of rotatable bonds is 2. The van der Waals surface area contributed by atoms with E-state index in [1.54, 1.807) is 0 Å². The first-order valence-corrected chi connectivity index (χ1v) is 5.43. The Morgan fingerprint density at radius 2 is 1.76 bits per heavy atom. The zero-order valence-corrected chi connectivity index (χ0v) is 10.9. The van der Waals surface area contributed by atoms with E-state index < -0.39 is 0 Å². The second-order valence-electron chi connectivity index (χ2n) is 3.90. The lowest BCUT2D eigenvalue weighted by molar-refractivity contribution is -0.349. The van der Waals surface area contributed by atoms with Crippen LogP contribution in [-0.4, -0.2) is 4.57 Å². The van der Waals surface area contributed by atoms with Crippen LogP contribution >= 0.6 is 0 Å². The van der Waals surface area contributed by atoms with Crippen LogP contribution in [0.3, 0.4) is 0 Å². The molecule has 0 fully saturated rings. The highest BCUT2D eigenvalue weighted by Crippen LogP contribution is 2.12. The molecular weight excluding hydrogens is 276 g/mol. The lowest BCUT2D eigenvalue weighted by Gasteiger charge is -1.98. The van der Waals surface area contributed by atoms with E-state index in [1.165, 1.54) is 16.6 Å². The molecule has 3 aromatic rings. The number of hydrogen-bond donors (Lipinski definition) is 0. The Kier molecular flexibility index (Phi) is 3.59. The Morgan fingerprint density at radius 3 is 2.59 bits per heavy atom. The van der Waals surface area contributed by atoms with Crippen molar-refractivity contribution in [3.05, 3.63) is 66.5 Å². The Morgan fingerprint density at radius 1 is 0.941 bits per heavy atom. The van der Waals surface area contributed by atoms with E-state index in [1.807, 2.05) is 18.3 Å². The topological polar surface area (TPSA) is 19.1 Å². The molecule has 17 heavy (non-hydrogen) atoms. The fourth-order valence-corrected chi connectivity index (χ4v) is 1.98. The molecule has 0 aliphatic rings. The first kappa shape index (κ1) is 11.9. The van der Waals surface area contributed by atoms with Gasteiger partial charge in [0, 0.05) is 0 Å². The number of nitrogens with one attached hydrogen (secondary N) is 1. The molecule has 0 saturated carbocycles. The van der Waals surface area contributed by atoms with Gasteiger partial charge in [-0.25, -0.2) is 9.55 Å². The largest absolute Gasteiger partial charge is 1.00 e. The van der Waals surface area contributed by atoms with Crippen molar-refractivity contribution in [3.8, 4) is 0 Å². The number of hydrogen-bond acceptors (Lipinski definition) is 0. The van der Waals surface area contributed by atoms with E-state index in [9.17, 15) is 0 Å². The fraction of sp³-hybridized carbons (Fsp3) is 0.0714. The third-order valence-electron chi connectivity index (χ3n) is 2.78. The van der Waals surface area contributed by atoms with Crippen LogP contribution in [0, 0.1) is 0 Å². The van der Waals surface area contributed by atoms with E-state index in [-0.39, 0.29) is 17.0 Å². The number of aromatic nitrogens is 2. The highest BCUT2D eigenvalue weighted by molar-refractivity contribution is 5.72. The first-order valence-electron chi connectivity index (χ1n) is 5.43. The number of pyridine rings is 1. The summed E-state index contributed by atoms with van der Waals surface area (Å²) < 4.78 is 2.23. The summed E-state index contributed by atoms with van der Waals surface area (Å²) in [5.41, 5.74) is 2.49. The van der Waals surface area contributed by atoms with Gasteiger partial charge in [-0.3, -0.25) is 0 Å². The summed E-state index contributed by atoms with van der Waals surface area (Å²) in [4.78, 5) is 3.28. The number of fused-ring (bicyclic) bond motifs is 1. The second kappa shape index (κ2) is 5.15. The first-order chi connectivity index (χ1) is 7.93. The maximum atomic E-state index is 3.28. The molecule has 86 valence electrons. The van der Waals surface area contributed by atoms with Gasteiger partial charge >= 0.3 is 0 Å². The van der Waals surface area contributed by atoms with Crippen LogP contribution in [0.25, 0.3) is 11.0 Å². The average Bonchev–Trinajstić information content (AvgIpc) is 2.74. The molecule has 3 heteroatoms. The maximum Gasteiger partial charge on any atom is 0.286 e. The molecule has 0 saturated heterocycles. The van der Waals surface area contributed by atoms with Crippen molar-refractivity contribution in [2.75, 3.05) is 0 Å². The van der Waals surface area contributed by atoms with Crippen molar-refractivity contribution in [1.29, 1.82) is 0 Å². The number of aromatic amines is 1. The van der Waals surface area contributed by atoms with Gasteiger partial charge in [-0.15, -0.1) is 0 Å². The van der Waals surface area contributed by atoms with Crippen LogP contribution in [0.2, 0.25) is 0 Å². The summed E-state index contributed by atoms with van der Waals surface area (Å²) in [5.74, 6) is 0. The van der Waals surface area contributed by atoms with Crippen LogP contribution in [0.1, 0.15) is 5.56 Å². The van der Waals surface area contributed by atoms with E-state index in [4.69, 9.17) is 0 Å². The van der Waals surface area contributed by atoms with Crippen LogP contribution in [0.15, 0.2) is 60.9 Å². The normalized spacial score (nSPS) is 10.1. The smallest absolute Gasteiger partial charge is 0.286 e. The number of H-pyrrole nitrogens is 1. The summed E-state index contributed by atoms with van der Waals surface area (Å²) in [7, 11) is 0. The van der Waals surface area contributed by atoms with Gasteiger partial charge in [0.2, 0.25) is 0 Å². The summed E-state index contributed by atoms with van der Waals surface area (Å²) in [6.45, 7) is 0.908.